The van der Waals surface area contributed by atoms with Crippen molar-refractivity contribution in [1.82, 2.24) is 10.6 Å². The van der Waals surface area contributed by atoms with Crippen LogP contribution in [0.15, 0.2) is 192 Å². The Morgan fingerprint density at radius 2 is 0.769 bits per heavy atom. The number of benzene rings is 6. The van der Waals surface area contributed by atoms with Gasteiger partial charge in [-0.05, 0) is 24.3 Å². The van der Waals surface area contributed by atoms with Crippen molar-refractivity contribution in [3.8, 4) is 12.8 Å². The smallest absolute Gasteiger partial charge is 0.156 e. The Kier molecular flexibility index (Phi) is 17.9. The lowest BCUT2D eigenvalue weighted by molar-refractivity contribution is 0.583. The maximum atomic E-state index is 13.8. The minimum atomic E-state index is -2.67. The van der Waals surface area contributed by atoms with Crippen molar-refractivity contribution >= 4 is 59.0 Å². The van der Waals surface area contributed by atoms with Gasteiger partial charge in [-0.25, -0.2) is 0 Å². The van der Waals surface area contributed by atoms with Crippen LogP contribution in [0.25, 0.3) is 0 Å². The Morgan fingerprint density at radius 3 is 1.17 bits per heavy atom. The summed E-state index contributed by atoms with van der Waals surface area (Å²) in [4.78, 5) is 2.49. The molecule has 0 amide bonds. The topological polar surface area (TPSA) is 58.2 Å². The van der Waals surface area contributed by atoms with Gasteiger partial charge in [0.05, 0.1) is 6.29 Å². The number of rotatable bonds is 16. The average Bonchev–Trinajstić information content (AvgIpc) is 3.23. The van der Waals surface area contributed by atoms with Crippen LogP contribution in [0, 0.1) is 12.8 Å². The molecule has 2 N–H and O–H groups in total. The summed E-state index contributed by atoms with van der Waals surface area (Å²) < 4.78 is 27.6. The van der Waals surface area contributed by atoms with Crippen LogP contribution in [0.3, 0.4) is 0 Å². The summed E-state index contributed by atoms with van der Waals surface area (Å²) in [6.45, 7) is 1.65. The molecule has 4 nitrogen and oxygen atoms in total. The van der Waals surface area contributed by atoms with E-state index < -0.39 is 14.3 Å². The molecule has 0 aliphatic heterocycles. The van der Waals surface area contributed by atoms with Crippen LogP contribution in [-0.4, -0.2) is 37.2 Å². The zero-order valence-corrected chi connectivity index (χ0v) is 32.7. The Hall–Kier alpha value is -4.04. The molecule has 0 atom stereocenters. The quantitative estimate of drug-likeness (QED) is 0.0338. The average molecular weight is 761 g/mol. The molecule has 0 radical (unpaired) electrons. The fraction of sp³-hybridized carbons (Fsp3) is 0.136. The third-order valence-corrected chi connectivity index (χ3v) is 16.0. The molecule has 8 heteroatoms. The normalized spacial score (nSPS) is 11.0. The van der Waals surface area contributed by atoms with Gasteiger partial charge in [0.1, 0.15) is 7.14 Å². The third kappa shape index (κ3) is 12.6. The van der Waals surface area contributed by atoms with Crippen LogP contribution in [0.5, 0.6) is 0 Å². The second-order valence-corrected chi connectivity index (χ2v) is 19.5. The molecule has 6 rings (SSSR count). The summed E-state index contributed by atoms with van der Waals surface area (Å²) in [5.41, 5.74) is 0. The summed E-state index contributed by atoms with van der Waals surface area (Å²) in [6.07, 6.45) is 9.10. The number of hydrogen-bond acceptors (Lipinski definition) is 6. The van der Waals surface area contributed by atoms with Gasteiger partial charge in [-0.1, -0.05) is 158 Å². The maximum absolute atomic E-state index is 13.8. The number of nitrogens with one attached hydrogen (secondary N) is 2. The zero-order chi connectivity index (χ0) is 36.7. The van der Waals surface area contributed by atoms with Crippen molar-refractivity contribution in [3.05, 3.63) is 182 Å². The lowest BCUT2D eigenvalue weighted by Gasteiger charge is -2.20. The summed E-state index contributed by atoms with van der Waals surface area (Å²) in [5.74, 6) is 1.73. The van der Waals surface area contributed by atoms with Gasteiger partial charge in [0.15, 0.2) is 7.14 Å². The summed E-state index contributed by atoms with van der Waals surface area (Å²) in [7, 11) is -5.27. The molecular formula is C44H46N2O2P2S2. The highest BCUT2D eigenvalue weighted by molar-refractivity contribution is 7.99. The Bertz CT molecular complexity index is 1860. The zero-order valence-electron chi connectivity index (χ0n) is 29.2. The molecule has 0 heterocycles. The van der Waals surface area contributed by atoms with Gasteiger partial charge in [-0.3, -0.25) is 0 Å². The van der Waals surface area contributed by atoms with Crippen molar-refractivity contribution in [2.75, 3.05) is 37.2 Å². The second-order valence-electron chi connectivity index (χ2n) is 11.5. The van der Waals surface area contributed by atoms with Crippen molar-refractivity contribution in [2.24, 2.45) is 0 Å². The highest BCUT2D eigenvalue weighted by Gasteiger charge is 2.27. The van der Waals surface area contributed by atoms with Gasteiger partial charge in [-0.15, -0.1) is 36.4 Å². The molecule has 52 heavy (non-hydrogen) atoms. The predicted octanol–water partition coefficient (Wildman–Crippen LogP) is 8.93. The van der Waals surface area contributed by atoms with E-state index in [0.717, 1.165) is 45.9 Å². The first-order chi connectivity index (χ1) is 25.6. The molecule has 0 spiro atoms. The maximum Gasteiger partial charge on any atom is 0.156 e. The fourth-order valence-corrected chi connectivity index (χ4v) is 12.1. The minimum absolute atomic E-state index is 0.459. The first-order valence-corrected chi connectivity index (χ1v) is 22.8. The molecule has 6 aromatic carbocycles. The van der Waals surface area contributed by atoms with E-state index in [1.54, 1.807) is 11.8 Å². The largest absolute Gasteiger partial charge is 0.315 e. The third-order valence-electron chi connectivity index (χ3n) is 8.01. The fourth-order valence-electron chi connectivity index (χ4n) is 5.39. The van der Waals surface area contributed by atoms with E-state index in [4.69, 9.17) is 0 Å². The Morgan fingerprint density at radius 1 is 0.423 bits per heavy atom. The van der Waals surface area contributed by atoms with Gasteiger partial charge < -0.3 is 19.8 Å². The molecule has 0 saturated carbocycles. The first kappa shape index (κ1) is 40.7. The van der Waals surface area contributed by atoms with E-state index in [-0.39, 0.29) is 0 Å². The van der Waals surface area contributed by atoms with Crippen molar-refractivity contribution in [2.45, 2.75) is 9.79 Å². The summed E-state index contributed by atoms with van der Waals surface area (Å²) in [5, 5.41) is 10.5. The van der Waals surface area contributed by atoms with Crippen molar-refractivity contribution in [3.63, 3.8) is 0 Å². The summed E-state index contributed by atoms with van der Waals surface area (Å²) >= 11 is 3.56. The van der Waals surface area contributed by atoms with Crippen LogP contribution in [-0.2, 0) is 9.13 Å². The highest BCUT2D eigenvalue weighted by atomic mass is 32.2. The molecule has 0 fully saturated rings. The Balaban J connectivity index is 0.000000223. The summed E-state index contributed by atoms with van der Waals surface area (Å²) in [6, 6.07) is 59.9. The number of thioether (sulfide) groups is 2. The highest BCUT2D eigenvalue weighted by Crippen LogP contribution is 2.43. The molecule has 0 aliphatic rings. The van der Waals surface area contributed by atoms with E-state index in [1.807, 2.05) is 157 Å². The molecule has 266 valence electrons. The van der Waals surface area contributed by atoms with Gasteiger partial charge in [0.25, 0.3) is 0 Å². The van der Waals surface area contributed by atoms with Crippen LogP contribution in [0.1, 0.15) is 0 Å². The Labute approximate surface area is 319 Å². The molecule has 6 aromatic rings. The van der Waals surface area contributed by atoms with E-state index in [0.29, 0.717) is 12.4 Å². The SMILES string of the molecule is C#C.O=P(CCNCCSc1ccccc1)(c1ccccc1)c1ccccc1.O=P(CNCSc1ccccc1)(c1ccccc1)c1ccccc1. The first-order valence-electron chi connectivity index (χ1n) is 17.1. The van der Waals surface area contributed by atoms with E-state index in [2.05, 4.69) is 59.9 Å². The molecule has 0 saturated heterocycles. The van der Waals surface area contributed by atoms with Crippen LogP contribution in [0.4, 0.5) is 0 Å². The van der Waals surface area contributed by atoms with Crippen molar-refractivity contribution < 1.29 is 9.13 Å². The lowest BCUT2D eigenvalue weighted by atomic mass is 10.4. The lowest BCUT2D eigenvalue weighted by Crippen LogP contribution is -2.26. The van der Waals surface area contributed by atoms with Crippen molar-refractivity contribution in [1.29, 1.82) is 0 Å². The molecule has 0 aliphatic carbocycles. The van der Waals surface area contributed by atoms with Crippen LogP contribution < -0.4 is 31.9 Å². The van der Waals surface area contributed by atoms with Gasteiger partial charge in [-0.2, -0.15) is 0 Å². The molecule has 0 bridgehead atoms. The van der Waals surface area contributed by atoms with Gasteiger partial charge in [0, 0.05) is 61.9 Å². The van der Waals surface area contributed by atoms with Crippen LogP contribution in [0.2, 0.25) is 0 Å². The molecule has 0 unspecified atom stereocenters. The van der Waals surface area contributed by atoms with Crippen LogP contribution >= 0.6 is 37.8 Å². The molecule has 0 aromatic heterocycles. The minimum Gasteiger partial charge on any atom is -0.315 e. The van der Waals surface area contributed by atoms with E-state index >= 15 is 0 Å². The van der Waals surface area contributed by atoms with E-state index in [1.165, 1.54) is 9.79 Å². The monoisotopic (exact) mass is 760 g/mol. The van der Waals surface area contributed by atoms with E-state index in [9.17, 15) is 9.13 Å². The van der Waals surface area contributed by atoms with Gasteiger partial charge in [0.2, 0.25) is 0 Å². The predicted molar refractivity (Wildman–Crippen MR) is 229 cm³/mol. The second kappa shape index (κ2) is 22.8. The van der Waals surface area contributed by atoms with Gasteiger partial charge >= 0.3 is 0 Å². The standard InChI is InChI=1S/C22H24NOPS.C20H20NOPS.C2H2/c24-25(20-10-4-1-5-11-20,21-12-6-2-7-13-21)18-16-23-17-19-26-22-14-8-3-9-15-22;22-23(18-10-4-1-5-11-18,19-12-6-2-7-13-19)16-21-17-24-20-14-8-3-9-15-20;1-2/h1-15,23H,16-19H2;1-15,21H,16-17H2;1-2H. The molecular weight excluding hydrogens is 715 g/mol. The number of terminal acetylenes is 1. The number of hydrogen-bond donors (Lipinski definition) is 2.